The van der Waals surface area contributed by atoms with Gasteiger partial charge in [-0.25, -0.2) is 4.39 Å². The summed E-state index contributed by atoms with van der Waals surface area (Å²) in [7, 11) is 0. The van der Waals surface area contributed by atoms with E-state index in [9.17, 15) is 9.18 Å². The number of benzene rings is 1. The van der Waals surface area contributed by atoms with Gasteiger partial charge in [0.2, 0.25) is 0 Å². The normalized spacial score (nSPS) is 18.8. The fourth-order valence-corrected chi connectivity index (χ4v) is 2.57. The third-order valence-electron chi connectivity index (χ3n) is 3.58. The molecule has 0 aliphatic carbocycles. The average molecular weight is 266 g/mol. The van der Waals surface area contributed by atoms with Crippen molar-refractivity contribution < 1.29 is 14.3 Å². The average Bonchev–Trinajstić information content (AvgIpc) is 2.87. The Morgan fingerprint density at radius 2 is 2.32 bits per heavy atom. The molecule has 1 aliphatic rings. The highest BCUT2D eigenvalue weighted by molar-refractivity contribution is 5.95. The summed E-state index contributed by atoms with van der Waals surface area (Å²) in [6.45, 7) is 0.855. The standard InChI is InChI=1S/C14H19FN2O2/c15-12-6-5-10(9-13(12)16)14(19)17-7-1-3-11(17)4-2-8-18/h5-6,9,11,18H,1-4,7-8,16H2. The van der Waals surface area contributed by atoms with Crippen LogP contribution in [-0.4, -0.2) is 35.1 Å². The number of nitrogens with zero attached hydrogens (tertiary/aromatic N) is 1. The monoisotopic (exact) mass is 266 g/mol. The Labute approximate surface area is 112 Å². The molecule has 1 aromatic carbocycles. The van der Waals surface area contributed by atoms with Crippen LogP contribution in [0.4, 0.5) is 10.1 Å². The molecule has 2 rings (SSSR count). The van der Waals surface area contributed by atoms with Crippen LogP contribution in [0.3, 0.4) is 0 Å². The van der Waals surface area contributed by atoms with Crippen LogP contribution in [0, 0.1) is 5.82 Å². The van der Waals surface area contributed by atoms with E-state index in [0.717, 1.165) is 19.3 Å². The Kier molecular flexibility index (Phi) is 4.37. The van der Waals surface area contributed by atoms with Gasteiger partial charge in [-0.1, -0.05) is 0 Å². The van der Waals surface area contributed by atoms with Gasteiger partial charge in [0, 0.05) is 24.8 Å². The van der Waals surface area contributed by atoms with Crippen LogP contribution >= 0.6 is 0 Å². The molecule has 1 aliphatic heterocycles. The zero-order chi connectivity index (χ0) is 13.8. The van der Waals surface area contributed by atoms with Gasteiger partial charge >= 0.3 is 0 Å². The van der Waals surface area contributed by atoms with Gasteiger partial charge in [0.25, 0.3) is 5.91 Å². The van der Waals surface area contributed by atoms with Gasteiger partial charge in [0.15, 0.2) is 0 Å². The molecule has 0 aromatic heterocycles. The molecule has 0 saturated carbocycles. The van der Waals surface area contributed by atoms with Crippen LogP contribution in [0.25, 0.3) is 0 Å². The first-order valence-corrected chi connectivity index (χ1v) is 6.60. The minimum Gasteiger partial charge on any atom is -0.396 e. The Hall–Kier alpha value is -1.62. The number of halogens is 1. The van der Waals surface area contributed by atoms with Gasteiger partial charge in [0.1, 0.15) is 5.82 Å². The lowest BCUT2D eigenvalue weighted by Gasteiger charge is -2.24. The Balaban J connectivity index is 2.11. The molecule has 3 N–H and O–H groups in total. The molecule has 1 atom stereocenters. The van der Waals surface area contributed by atoms with Crippen LogP contribution in [-0.2, 0) is 0 Å². The van der Waals surface area contributed by atoms with Crippen molar-refractivity contribution in [2.45, 2.75) is 31.7 Å². The maximum Gasteiger partial charge on any atom is 0.254 e. The van der Waals surface area contributed by atoms with Crippen LogP contribution < -0.4 is 5.73 Å². The minimum absolute atomic E-state index is 0.00282. The third kappa shape index (κ3) is 3.04. The molecule has 104 valence electrons. The van der Waals surface area contributed by atoms with Gasteiger partial charge in [-0.3, -0.25) is 4.79 Å². The number of hydrogen-bond donors (Lipinski definition) is 2. The van der Waals surface area contributed by atoms with E-state index >= 15 is 0 Å². The fourth-order valence-electron chi connectivity index (χ4n) is 2.57. The lowest BCUT2D eigenvalue weighted by Crippen LogP contribution is -2.35. The van der Waals surface area contributed by atoms with Gasteiger partial charge in [0.05, 0.1) is 5.69 Å². The molecule has 1 amide bonds. The number of carbonyl (C=O) groups is 1. The van der Waals surface area contributed by atoms with Crippen molar-refractivity contribution in [1.82, 2.24) is 4.90 Å². The smallest absolute Gasteiger partial charge is 0.254 e. The number of aliphatic hydroxyl groups excluding tert-OH is 1. The number of nitrogens with two attached hydrogens (primary N) is 1. The Bertz CT molecular complexity index is 465. The molecule has 4 nitrogen and oxygen atoms in total. The highest BCUT2D eigenvalue weighted by Gasteiger charge is 2.29. The summed E-state index contributed by atoms with van der Waals surface area (Å²) in [5.74, 6) is -0.609. The first-order chi connectivity index (χ1) is 9.13. The highest BCUT2D eigenvalue weighted by atomic mass is 19.1. The van der Waals surface area contributed by atoms with E-state index in [1.165, 1.54) is 18.2 Å². The number of amides is 1. The number of aliphatic hydroxyl groups is 1. The van der Waals surface area contributed by atoms with Crippen molar-refractivity contribution in [3.63, 3.8) is 0 Å². The molecule has 1 unspecified atom stereocenters. The first kappa shape index (κ1) is 13.8. The number of likely N-dealkylation sites (tertiary alicyclic amines) is 1. The molecule has 1 heterocycles. The predicted molar refractivity (Wildman–Crippen MR) is 71.2 cm³/mol. The van der Waals surface area contributed by atoms with Gasteiger partial charge in [-0.15, -0.1) is 0 Å². The quantitative estimate of drug-likeness (QED) is 0.816. The zero-order valence-electron chi connectivity index (χ0n) is 10.8. The lowest BCUT2D eigenvalue weighted by molar-refractivity contribution is 0.0724. The second kappa shape index (κ2) is 6.02. The Morgan fingerprint density at radius 3 is 3.00 bits per heavy atom. The SMILES string of the molecule is Nc1cc(C(=O)N2CCCC2CCCO)ccc1F. The third-order valence-corrected chi connectivity index (χ3v) is 3.58. The van der Waals surface area contributed by atoms with Crippen LogP contribution in [0.2, 0.25) is 0 Å². The van der Waals surface area contributed by atoms with Crippen molar-refractivity contribution in [3.05, 3.63) is 29.6 Å². The molecule has 1 fully saturated rings. The van der Waals surface area contributed by atoms with Crippen molar-refractivity contribution in [3.8, 4) is 0 Å². The van der Waals surface area contributed by atoms with E-state index in [4.69, 9.17) is 10.8 Å². The largest absolute Gasteiger partial charge is 0.396 e. The zero-order valence-corrected chi connectivity index (χ0v) is 10.8. The van der Waals surface area contributed by atoms with Gasteiger partial charge in [-0.05, 0) is 43.9 Å². The number of carbonyl (C=O) groups excluding carboxylic acids is 1. The summed E-state index contributed by atoms with van der Waals surface area (Å²) in [4.78, 5) is 14.2. The van der Waals surface area contributed by atoms with Gasteiger partial charge < -0.3 is 15.7 Å². The maximum absolute atomic E-state index is 13.1. The summed E-state index contributed by atoms with van der Waals surface area (Å²) in [6, 6.07) is 4.25. The number of anilines is 1. The topological polar surface area (TPSA) is 66.6 Å². The van der Waals surface area contributed by atoms with E-state index in [2.05, 4.69) is 0 Å². The van der Waals surface area contributed by atoms with Crippen LogP contribution in [0.1, 0.15) is 36.0 Å². The minimum atomic E-state index is -0.505. The molecule has 1 aromatic rings. The summed E-state index contributed by atoms with van der Waals surface area (Å²) >= 11 is 0. The first-order valence-electron chi connectivity index (χ1n) is 6.60. The lowest BCUT2D eigenvalue weighted by atomic mass is 10.1. The van der Waals surface area contributed by atoms with Crippen molar-refractivity contribution in [1.29, 1.82) is 0 Å². The van der Waals surface area contributed by atoms with Crippen molar-refractivity contribution in [2.75, 3.05) is 18.9 Å². The van der Waals surface area contributed by atoms with Crippen LogP contribution in [0.5, 0.6) is 0 Å². The Morgan fingerprint density at radius 1 is 1.53 bits per heavy atom. The summed E-state index contributed by atoms with van der Waals surface area (Å²) in [6.07, 6.45) is 3.43. The van der Waals surface area contributed by atoms with E-state index in [1.54, 1.807) is 0 Å². The fraction of sp³-hybridized carbons (Fsp3) is 0.500. The molecule has 19 heavy (non-hydrogen) atoms. The maximum atomic E-state index is 13.1. The molecular formula is C14H19FN2O2. The van der Waals surface area contributed by atoms with E-state index in [-0.39, 0.29) is 24.2 Å². The number of rotatable bonds is 4. The molecule has 0 radical (unpaired) electrons. The van der Waals surface area contributed by atoms with Crippen molar-refractivity contribution in [2.24, 2.45) is 0 Å². The van der Waals surface area contributed by atoms with Crippen molar-refractivity contribution >= 4 is 11.6 Å². The van der Waals surface area contributed by atoms with E-state index in [0.29, 0.717) is 18.5 Å². The van der Waals surface area contributed by atoms with Crippen LogP contribution in [0.15, 0.2) is 18.2 Å². The highest BCUT2D eigenvalue weighted by Crippen LogP contribution is 2.24. The predicted octanol–water partition coefficient (Wildman–Crippen LogP) is 1.79. The summed E-state index contributed by atoms with van der Waals surface area (Å²) in [5, 5.41) is 8.87. The summed E-state index contributed by atoms with van der Waals surface area (Å²) < 4.78 is 13.1. The second-order valence-electron chi connectivity index (χ2n) is 4.90. The molecule has 1 saturated heterocycles. The van der Waals surface area contributed by atoms with E-state index in [1.807, 2.05) is 4.90 Å². The van der Waals surface area contributed by atoms with Gasteiger partial charge in [-0.2, -0.15) is 0 Å². The number of hydrogen-bond acceptors (Lipinski definition) is 3. The number of nitrogen functional groups attached to an aromatic ring is 1. The molecule has 0 bridgehead atoms. The van der Waals surface area contributed by atoms with E-state index < -0.39 is 5.82 Å². The molecule has 5 heteroatoms. The molecule has 0 spiro atoms. The summed E-state index contributed by atoms with van der Waals surface area (Å²) in [5.41, 5.74) is 5.92. The molecular weight excluding hydrogens is 247 g/mol. The second-order valence-corrected chi connectivity index (χ2v) is 4.90.